The number of rotatable bonds is 4. The monoisotopic (exact) mass is 293 g/mol. The summed E-state index contributed by atoms with van der Waals surface area (Å²) < 4.78 is 0. The first-order chi connectivity index (χ1) is 10.7. The van der Waals surface area contributed by atoms with Gasteiger partial charge in [-0.25, -0.2) is 0 Å². The Morgan fingerprint density at radius 2 is 2.05 bits per heavy atom. The van der Waals surface area contributed by atoms with Gasteiger partial charge in [0.1, 0.15) is 0 Å². The number of fused-ring (bicyclic) bond motifs is 1. The first-order valence-electron chi connectivity index (χ1n) is 7.45. The fourth-order valence-corrected chi connectivity index (χ4v) is 2.73. The van der Waals surface area contributed by atoms with Crippen LogP contribution in [-0.2, 0) is 17.6 Å². The summed E-state index contributed by atoms with van der Waals surface area (Å²) >= 11 is 0. The summed E-state index contributed by atoms with van der Waals surface area (Å²) in [5.41, 5.74) is 4.13. The van der Waals surface area contributed by atoms with Crippen molar-refractivity contribution in [2.45, 2.75) is 19.8 Å². The molecule has 3 rings (SSSR count). The number of likely N-dealkylation sites (N-methyl/N-ethyl adjacent to an activating group) is 1. The molecule has 3 aromatic rings. The minimum atomic E-state index is 0.0820. The largest absolute Gasteiger partial charge is 0.360 e. The van der Waals surface area contributed by atoms with Crippen LogP contribution in [0.5, 0.6) is 0 Å². The van der Waals surface area contributed by atoms with E-state index in [0.717, 1.165) is 28.6 Å². The fourth-order valence-electron chi connectivity index (χ4n) is 2.73. The standard InChI is InChI=1S/C18H19N3O/c1-3-13-6-4-5-7-17(13)21(2)18(22)10-14-11-20-16-12-19-9-8-15(14)16/h4-9,11-12,20H,3,10H2,1-2H3. The number of benzene rings is 1. The summed E-state index contributed by atoms with van der Waals surface area (Å²) in [6, 6.07) is 9.98. The van der Waals surface area contributed by atoms with Crippen molar-refractivity contribution in [3.63, 3.8) is 0 Å². The maximum atomic E-state index is 12.6. The second-order valence-corrected chi connectivity index (χ2v) is 5.35. The number of anilines is 1. The number of hydrogen-bond acceptors (Lipinski definition) is 2. The topological polar surface area (TPSA) is 49.0 Å². The molecule has 0 fully saturated rings. The first-order valence-corrected chi connectivity index (χ1v) is 7.45. The first kappa shape index (κ1) is 14.3. The van der Waals surface area contributed by atoms with Gasteiger partial charge in [-0.1, -0.05) is 25.1 Å². The molecule has 1 amide bonds. The highest BCUT2D eigenvalue weighted by atomic mass is 16.2. The third kappa shape index (κ3) is 2.60. The van der Waals surface area contributed by atoms with E-state index in [2.05, 4.69) is 23.0 Å². The van der Waals surface area contributed by atoms with Crippen molar-refractivity contribution in [2.24, 2.45) is 0 Å². The van der Waals surface area contributed by atoms with Gasteiger partial charge in [0.05, 0.1) is 18.1 Å². The van der Waals surface area contributed by atoms with Gasteiger partial charge >= 0.3 is 0 Å². The Morgan fingerprint density at radius 3 is 2.86 bits per heavy atom. The predicted octanol–water partition coefficient (Wildman–Crippen LogP) is 3.33. The van der Waals surface area contributed by atoms with Gasteiger partial charge in [-0.2, -0.15) is 0 Å². The number of nitrogens with one attached hydrogen (secondary N) is 1. The zero-order valence-electron chi connectivity index (χ0n) is 12.8. The quantitative estimate of drug-likeness (QED) is 0.802. The van der Waals surface area contributed by atoms with Crippen LogP contribution in [0.15, 0.2) is 48.9 Å². The van der Waals surface area contributed by atoms with E-state index >= 15 is 0 Å². The molecule has 1 N–H and O–H groups in total. The van der Waals surface area contributed by atoms with Crippen LogP contribution in [0.4, 0.5) is 5.69 Å². The van der Waals surface area contributed by atoms with Gasteiger partial charge in [0.2, 0.25) is 5.91 Å². The lowest BCUT2D eigenvalue weighted by atomic mass is 10.1. The molecule has 0 spiro atoms. The average Bonchev–Trinajstić information content (AvgIpc) is 2.97. The third-order valence-corrected chi connectivity index (χ3v) is 4.02. The molecule has 1 aromatic carbocycles. The van der Waals surface area contributed by atoms with Gasteiger partial charge < -0.3 is 9.88 Å². The van der Waals surface area contributed by atoms with Crippen molar-refractivity contribution in [3.8, 4) is 0 Å². The van der Waals surface area contributed by atoms with Crippen molar-refractivity contribution in [2.75, 3.05) is 11.9 Å². The highest BCUT2D eigenvalue weighted by molar-refractivity contribution is 5.97. The molecular formula is C18H19N3O. The number of H-pyrrole nitrogens is 1. The Balaban J connectivity index is 1.85. The Bertz CT molecular complexity index is 807. The molecule has 0 aliphatic heterocycles. The van der Waals surface area contributed by atoms with E-state index in [1.54, 1.807) is 17.3 Å². The Hall–Kier alpha value is -2.62. The van der Waals surface area contributed by atoms with Crippen LogP contribution in [0.25, 0.3) is 10.9 Å². The van der Waals surface area contributed by atoms with Gasteiger partial charge in [-0.15, -0.1) is 0 Å². The van der Waals surface area contributed by atoms with Gasteiger partial charge in [0, 0.05) is 30.5 Å². The van der Waals surface area contributed by atoms with Crippen molar-refractivity contribution in [1.29, 1.82) is 0 Å². The summed E-state index contributed by atoms with van der Waals surface area (Å²) in [4.78, 5) is 21.6. The number of carbonyl (C=O) groups excluding carboxylic acids is 1. The van der Waals surface area contributed by atoms with Gasteiger partial charge in [-0.05, 0) is 29.7 Å². The fraction of sp³-hybridized carbons (Fsp3) is 0.222. The van der Waals surface area contributed by atoms with Crippen molar-refractivity contribution >= 4 is 22.5 Å². The second-order valence-electron chi connectivity index (χ2n) is 5.35. The summed E-state index contributed by atoms with van der Waals surface area (Å²) in [6.07, 6.45) is 6.70. The zero-order valence-corrected chi connectivity index (χ0v) is 12.8. The van der Waals surface area contributed by atoms with Crippen LogP contribution in [0, 0.1) is 0 Å². The Morgan fingerprint density at radius 1 is 1.23 bits per heavy atom. The molecule has 112 valence electrons. The normalized spacial score (nSPS) is 10.8. The summed E-state index contributed by atoms with van der Waals surface area (Å²) in [5.74, 6) is 0.0820. The lowest BCUT2D eigenvalue weighted by Gasteiger charge is -2.20. The van der Waals surface area contributed by atoms with Crippen LogP contribution in [0.2, 0.25) is 0 Å². The van der Waals surface area contributed by atoms with E-state index < -0.39 is 0 Å². The van der Waals surface area contributed by atoms with Gasteiger partial charge in [0.15, 0.2) is 0 Å². The molecule has 0 bridgehead atoms. The summed E-state index contributed by atoms with van der Waals surface area (Å²) in [7, 11) is 1.84. The van der Waals surface area contributed by atoms with E-state index in [4.69, 9.17) is 0 Å². The number of nitrogens with zero attached hydrogens (tertiary/aromatic N) is 2. The number of amides is 1. The lowest BCUT2D eigenvalue weighted by Crippen LogP contribution is -2.28. The number of carbonyl (C=O) groups is 1. The molecule has 4 heteroatoms. The molecule has 0 aliphatic carbocycles. The highest BCUT2D eigenvalue weighted by Gasteiger charge is 2.16. The number of pyridine rings is 1. The third-order valence-electron chi connectivity index (χ3n) is 4.02. The number of aromatic amines is 1. The second kappa shape index (κ2) is 6.02. The van der Waals surface area contributed by atoms with Crippen LogP contribution in [0.3, 0.4) is 0 Å². The van der Waals surface area contributed by atoms with E-state index in [1.807, 2.05) is 37.5 Å². The molecule has 0 saturated heterocycles. The highest BCUT2D eigenvalue weighted by Crippen LogP contribution is 2.22. The number of aromatic nitrogens is 2. The SMILES string of the molecule is CCc1ccccc1N(C)C(=O)Cc1c[nH]c2cnccc12. The maximum absolute atomic E-state index is 12.6. The van der Waals surface area contributed by atoms with Gasteiger partial charge in [0.25, 0.3) is 0 Å². The van der Waals surface area contributed by atoms with Gasteiger partial charge in [-0.3, -0.25) is 9.78 Å². The molecule has 2 aromatic heterocycles. The molecular weight excluding hydrogens is 274 g/mol. The van der Waals surface area contributed by atoms with E-state index in [0.29, 0.717) is 6.42 Å². The van der Waals surface area contributed by atoms with Crippen LogP contribution in [0.1, 0.15) is 18.1 Å². The maximum Gasteiger partial charge on any atom is 0.231 e. The number of para-hydroxylation sites is 1. The van der Waals surface area contributed by atoms with Crippen molar-refractivity contribution < 1.29 is 4.79 Å². The minimum Gasteiger partial charge on any atom is -0.360 e. The number of aryl methyl sites for hydroxylation is 1. The van der Waals surface area contributed by atoms with E-state index in [9.17, 15) is 4.79 Å². The summed E-state index contributed by atoms with van der Waals surface area (Å²) in [5, 5.41) is 1.06. The number of hydrogen-bond donors (Lipinski definition) is 1. The van der Waals surface area contributed by atoms with E-state index in [1.165, 1.54) is 5.56 Å². The smallest absolute Gasteiger partial charge is 0.231 e. The van der Waals surface area contributed by atoms with Crippen LogP contribution < -0.4 is 4.90 Å². The molecule has 0 saturated carbocycles. The molecule has 2 heterocycles. The summed E-state index contributed by atoms with van der Waals surface area (Å²) in [6.45, 7) is 2.10. The molecule has 0 unspecified atom stereocenters. The zero-order chi connectivity index (χ0) is 15.5. The molecule has 0 radical (unpaired) electrons. The van der Waals surface area contributed by atoms with Crippen molar-refractivity contribution in [3.05, 3.63) is 60.0 Å². The lowest BCUT2D eigenvalue weighted by molar-refractivity contribution is -0.117. The molecule has 0 aliphatic rings. The molecule has 22 heavy (non-hydrogen) atoms. The van der Waals surface area contributed by atoms with Crippen LogP contribution in [-0.4, -0.2) is 22.9 Å². The molecule has 4 nitrogen and oxygen atoms in total. The Labute approximate surface area is 129 Å². The average molecular weight is 293 g/mol. The minimum absolute atomic E-state index is 0.0820. The van der Waals surface area contributed by atoms with Crippen molar-refractivity contribution in [1.82, 2.24) is 9.97 Å². The Kier molecular flexibility index (Phi) is 3.92. The van der Waals surface area contributed by atoms with Crippen LogP contribution >= 0.6 is 0 Å². The van der Waals surface area contributed by atoms with E-state index in [-0.39, 0.29) is 5.91 Å². The molecule has 0 atom stereocenters. The predicted molar refractivity (Wildman–Crippen MR) is 89.0 cm³/mol.